The molecule has 24 heavy (non-hydrogen) atoms. The van der Waals surface area contributed by atoms with Crippen molar-refractivity contribution >= 4 is 11.7 Å². The lowest BCUT2D eigenvalue weighted by atomic mass is 9.78. The lowest BCUT2D eigenvalue weighted by Crippen LogP contribution is -2.52. The molecule has 2 fully saturated rings. The van der Waals surface area contributed by atoms with Crippen LogP contribution in [0.5, 0.6) is 0 Å². The molecule has 0 radical (unpaired) electrons. The number of hydrogen-bond donors (Lipinski definition) is 2. The summed E-state index contributed by atoms with van der Waals surface area (Å²) < 4.78 is 5.35. The molecule has 1 atom stereocenters. The van der Waals surface area contributed by atoms with Crippen LogP contribution in [-0.4, -0.2) is 62.0 Å². The maximum absolute atomic E-state index is 12.8. The van der Waals surface area contributed by atoms with Crippen LogP contribution in [0.15, 0.2) is 18.3 Å². The maximum atomic E-state index is 12.8. The Morgan fingerprint density at radius 3 is 3.04 bits per heavy atom. The van der Waals surface area contributed by atoms with Crippen LogP contribution in [0, 0.1) is 5.41 Å². The number of methoxy groups -OCH3 is 1. The fourth-order valence-electron chi connectivity index (χ4n) is 3.81. The Morgan fingerprint density at radius 2 is 2.33 bits per heavy atom. The Balaban J connectivity index is 1.60. The lowest BCUT2D eigenvalue weighted by Gasteiger charge is -2.36. The first-order valence-corrected chi connectivity index (χ1v) is 8.77. The smallest absolute Gasteiger partial charge is 0.228 e. The first-order valence-electron chi connectivity index (χ1n) is 8.77. The predicted molar refractivity (Wildman–Crippen MR) is 91.8 cm³/mol. The second-order valence-electron chi connectivity index (χ2n) is 6.74. The van der Waals surface area contributed by atoms with E-state index in [1.54, 1.807) is 13.3 Å². The second-order valence-corrected chi connectivity index (χ2v) is 6.74. The molecule has 2 aliphatic heterocycles. The molecule has 7 nitrogen and oxygen atoms in total. The van der Waals surface area contributed by atoms with Gasteiger partial charge in [0.2, 0.25) is 5.91 Å². The van der Waals surface area contributed by atoms with Crippen molar-refractivity contribution in [2.75, 3.05) is 44.8 Å². The number of ether oxygens (including phenoxy) is 1. The standard InChI is InChI=1S/C17H27N5O2/c1-24-13-17(6-9-18-10-7-17)16(23)19-12-14-4-3-11-22(14)15-5-2-8-20-21-15/h2,5,8,14,18H,3-4,6-7,9-13H2,1H3,(H,19,23). The van der Waals surface area contributed by atoms with Gasteiger partial charge in [-0.3, -0.25) is 4.79 Å². The fraction of sp³-hybridized carbons (Fsp3) is 0.706. The molecular weight excluding hydrogens is 306 g/mol. The van der Waals surface area contributed by atoms with E-state index in [0.29, 0.717) is 13.2 Å². The number of hydrogen-bond acceptors (Lipinski definition) is 6. The van der Waals surface area contributed by atoms with Crippen molar-refractivity contribution in [2.24, 2.45) is 5.41 Å². The first-order chi connectivity index (χ1) is 11.7. The summed E-state index contributed by atoms with van der Waals surface area (Å²) in [6.45, 7) is 3.83. The molecule has 2 saturated heterocycles. The van der Waals surface area contributed by atoms with E-state index in [0.717, 1.165) is 51.1 Å². The normalized spacial score (nSPS) is 23.2. The van der Waals surface area contributed by atoms with Crippen molar-refractivity contribution in [2.45, 2.75) is 31.7 Å². The summed E-state index contributed by atoms with van der Waals surface area (Å²) in [5.41, 5.74) is -0.393. The number of nitrogens with zero attached hydrogens (tertiary/aromatic N) is 3. The van der Waals surface area contributed by atoms with Gasteiger partial charge < -0.3 is 20.3 Å². The number of carbonyl (C=O) groups excluding carboxylic acids is 1. The monoisotopic (exact) mass is 333 g/mol. The zero-order chi connectivity index (χ0) is 16.8. The number of anilines is 1. The molecule has 0 spiro atoms. The molecule has 2 N–H and O–H groups in total. The molecule has 0 aliphatic carbocycles. The van der Waals surface area contributed by atoms with Crippen molar-refractivity contribution in [3.05, 3.63) is 18.3 Å². The first kappa shape index (κ1) is 17.1. The summed E-state index contributed by atoms with van der Waals surface area (Å²) in [6.07, 6.45) is 5.51. The minimum atomic E-state index is -0.393. The molecule has 0 saturated carbocycles. The van der Waals surface area contributed by atoms with Gasteiger partial charge in [-0.2, -0.15) is 5.10 Å². The molecule has 3 heterocycles. The summed E-state index contributed by atoms with van der Waals surface area (Å²) in [5.74, 6) is 1.01. The van der Waals surface area contributed by atoms with Gasteiger partial charge in [0, 0.05) is 32.4 Å². The van der Waals surface area contributed by atoms with Crippen LogP contribution in [0.4, 0.5) is 5.82 Å². The number of nitrogens with one attached hydrogen (secondary N) is 2. The van der Waals surface area contributed by atoms with Gasteiger partial charge in [0.05, 0.1) is 12.0 Å². The maximum Gasteiger partial charge on any atom is 0.228 e. The Hall–Kier alpha value is -1.73. The Kier molecular flexibility index (Phi) is 5.63. The largest absolute Gasteiger partial charge is 0.384 e. The lowest BCUT2D eigenvalue weighted by molar-refractivity contribution is -0.136. The van der Waals surface area contributed by atoms with E-state index < -0.39 is 5.41 Å². The number of aromatic nitrogens is 2. The minimum Gasteiger partial charge on any atom is -0.384 e. The van der Waals surface area contributed by atoms with Gasteiger partial charge in [-0.05, 0) is 50.9 Å². The quantitative estimate of drug-likeness (QED) is 0.793. The second kappa shape index (κ2) is 7.90. The Bertz CT molecular complexity index is 528. The molecule has 1 unspecified atom stereocenters. The topological polar surface area (TPSA) is 79.4 Å². The van der Waals surface area contributed by atoms with Crippen molar-refractivity contribution in [1.29, 1.82) is 0 Å². The van der Waals surface area contributed by atoms with Crippen LogP contribution in [0.3, 0.4) is 0 Å². The molecule has 3 rings (SSSR count). The van der Waals surface area contributed by atoms with Crippen LogP contribution >= 0.6 is 0 Å². The van der Waals surface area contributed by atoms with Gasteiger partial charge in [0.25, 0.3) is 0 Å². The summed E-state index contributed by atoms with van der Waals surface area (Å²) >= 11 is 0. The average Bonchev–Trinajstić information content (AvgIpc) is 3.10. The highest BCUT2D eigenvalue weighted by molar-refractivity contribution is 5.83. The highest BCUT2D eigenvalue weighted by atomic mass is 16.5. The van der Waals surface area contributed by atoms with Crippen LogP contribution in [0.1, 0.15) is 25.7 Å². The number of piperidine rings is 1. The zero-order valence-corrected chi connectivity index (χ0v) is 14.3. The average molecular weight is 333 g/mol. The highest BCUT2D eigenvalue weighted by Gasteiger charge is 2.40. The molecule has 1 aromatic heterocycles. The summed E-state index contributed by atoms with van der Waals surface area (Å²) in [4.78, 5) is 15.1. The molecule has 0 aromatic carbocycles. The summed E-state index contributed by atoms with van der Waals surface area (Å²) in [6, 6.07) is 4.16. The predicted octanol–water partition coefficient (Wildman–Crippen LogP) is 0.578. The third-order valence-corrected chi connectivity index (χ3v) is 5.19. The third-order valence-electron chi connectivity index (χ3n) is 5.19. The van der Waals surface area contributed by atoms with Crippen LogP contribution < -0.4 is 15.5 Å². The summed E-state index contributed by atoms with van der Waals surface area (Å²) in [7, 11) is 1.67. The van der Waals surface area contributed by atoms with Gasteiger partial charge in [-0.1, -0.05) is 0 Å². The summed E-state index contributed by atoms with van der Waals surface area (Å²) in [5, 5.41) is 14.7. The van der Waals surface area contributed by atoms with E-state index in [4.69, 9.17) is 4.74 Å². The van der Waals surface area contributed by atoms with Crippen molar-refractivity contribution in [1.82, 2.24) is 20.8 Å². The molecule has 0 bridgehead atoms. The Labute approximate surface area is 143 Å². The van der Waals surface area contributed by atoms with E-state index in [1.807, 2.05) is 12.1 Å². The van der Waals surface area contributed by atoms with E-state index in [-0.39, 0.29) is 11.9 Å². The SMILES string of the molecule is COCC1(C(=O)NCC2CCCN2c2cccnn2)CCNCC1. The molecule has 7 heteroatoms. The van der Waals surface area contributed by atoms with Crippen LogP contribution in [0.2, 0.25) is 0 Å². The number of amides is 1. The van der Waals surface area contributed by atoms with E-state index in [2.05, 4.69) is 25.7 Å². The van der Waals surface area contributed by atoms with Gasteiger partial charge >= 0.3 is 0 Å². The highest BCUT2D eigenvalue weighted by Crippen LogP contribution is 2.30. The molecule has 132 valence electrons. The van der Waals surface area contributed by atoms with Gasteiger partial charge in [-0.25, -0.2) is 0 Å². The van der Waals surface area contributed by atoms with Crippen LogP contribution in [0.25, 0.3) is 0 Å². The molecule has 1 aromatic rings. The van der Waals surface area contributed by atoms with Gasteiger partial charge in [-0.15, -0.1) is 5.10 Å². The minimum absolute atomic E-state index is 0.122. The van der Waals surface area contributed by atoms with E-state index >= 15 is 0 Å². The molecule has 2 aliphatic rings. The van der Waals surface area contributed by atoms with Crippen molar-refractivity contribution < 1.29 is 9.53 Å². The van der Waals surface area contributed by atoms with E-state index in [9.17, 15) is 4.79 Å². The molecular formula is C17H27N5O2. The fourth-order valence-corrected chi connectivity index (χ4v) is 3.81. The van der Waals surface area contributed by atoms with Crippen molar-refractivity contribution in [3.8, 4) is 0 Å². The van der Waals surface area contributed by atoms with Gasteiger partial charge in [0.1, 0.15) is 0 Å². The van der Waals surface area contributed by atoms with Crippen molar-refractivity contribution in [3.63, 3.8) is 0 Å². The van der Waals surface area contributed by atoms with Gasteiger partial charge in [0.15, 0.2) is 5.82 Å². The zero-order valence-electron chi connectivity index (χ0n) is 14.3. The molecule has 1 amide bonds. The number of carbonyl (C=O) groups is 1. The van der Waals surface area contributed by atoms with Crippen LogP contribution in [-0.2, 0) is 9.53 Å². The third kappa shape index (κ3) is 3.67. The Morgan fingerprint density at radius 1 is 1.50 bits per heavy atom. The number of rotatable bonds is 6. The van der Waals surface area contributed by atoms with E-state index in [1.165, 1.54) is 0 Å².